The number of halogens is 1. The van der Waals surface area contributed by atoms with E-state index in [1.54, 1.807) is 48.5 Å². The number of fused-ring (bicyclic) bond motifs is 5. The van der Waals surface area contributed by atoms with Crippen LogP contribution in [0.3, 0.4) is 0 Å². The molecular formula is C22H17ClN2O3. The van der Waals surface area contributed by atoms with Crippen molar-refractivity contribution in [2.45, 2.75) is 6.42 Å². The maximum Gasteiger partial charge on any atom is 0.255 e. The molecule has 2 bridgehead atoms. The summed E-state index contributed by atoms with van der Waals surface area (Å²) in [7, 11) is 0. The van der Waals surface area contributed by atoms with Gasteiger partial charge >= 0.3 is 0 Å². The van der Waals surface area contributed by atoms with Gasteiger partial charge in [0, 0.05) is 5.56 Å². The molecule has 2 aliphatic carbocycles. The molecule has 1 heterocycles. The van der Waals surface area contributed by atoms with Crippen LogP contribution in [0.4, 0.5) is 11.4 Å². The number of amides is 3. The molecule has 0 radical (unpaired) electrons. The van der Waals surface area contributed by atoms with E-state index in [0.29, 0.717) is 22.0 Å². The van der Waals surface area contributed by atoms with Gasteiger partial charge in [-0.25, -0.2) is 0 Å². The van der Waals surface area contributed by atoms with Gasteiger partial charge in [0.25, 0.3) is 5.91 Å². The molecule has 5 rings (SSSR count). The fourth-order valence-electron chi connectivity index (χ4n) is 4.68. The number of para-hydroxylation sites is 1. The summed E-state index contributed by atoms with van der Waals surface area (Å²) >= 11 is 6.07. The number of carbonyl (C=O) groups is 3. The van der Waals surface area contributed by atoms with Crippen LogP contribution in [0.2, 0.25) is 5.02 Å². The predicted molar refractivity (Wildman–Crippen MR) is 106 cm³/mol. The Bertz CT molecular complexity index is 1000. The monoisotopic (exact) mass is 392 g/mol. The first-order valence-corrected chi connectivity index (χ1v) is 9.64. The average molecular weight is 393 g/mol. The van der Waals surface area contributed by atoms with Crippen LogP contribution in [0, 0.1) is 23.7 Å². The van der Waals surface area contributed by atoms with Crippen molar-refractivity contribution >= 4 is 40.7 Å². The van der Waals surface area contributed by atoms with Gasteiger partial charge in [0.1, 0.15) is 0 Å². The van der Waals surface area contributed by atoms with E-state index in [2.05, 4.69) is 17.5 Å². The third-order valence-corrected chi connectivity index (χ3v) is 6.31. The van der Waals surface area contributed by atoms with E-state index in [1.165, 1.54) is 4.90 Å². The molecule has 3 amide bonds. The average Bonchev–Trinajstić information content (AvgIpc) is 3.38. The van der Waals surface area contributed by atoms with Crippen LogP contribution < -0.4 is 10.2 Å². The van der Waals surface area contributed by atoms with Crippen LogP contribution in [0.15, 0.2) is 60.7 Å². The van der Waals surface area contributed by atoms with Gasteiger partial charge in [0.2, 0.25) is 11.8 Å². The molecule has 2 aromatic rings. The van der Waals surface area contributed by atoms with E-state index in [4.69, 9.17) is 11.6 Å². The largest absolute Gasteiger partial charge is 0.321 e. The highest BCUT2D eigenvalue weighted by atomic mass is 35.5. The van der Waals surface area contributed by atoms with Crippen LogP contribution in [-0.4, -0.2) is 17.7 Å². The van der Waals surface area contributed by atoms with Gasteiger partial charge in [-0.3, -0.25) is 19.3 Å². The Kier molecular flexibility index (Phi) is 3.88. The Morgan fingerprint density at radius 3 is 2.14 bits per heavy atom. The summed E-state index contributed by atoms with van der Waals surface area (Å²) in [6.07, 6.45) is 5.05. The maximum absolute atomic E-state index is 12.9. The number of nitrogens with zero attached hydrogens (tertiary/aromatic N) is 1. The maximum atomic E-state index is 12.9. The number of carbonyl (C=O) groups excluding carboxylic acids is 3. The van der Waals surface area contributed by atoms with Gasteiger partial charge < -0.3 is 5.32 Å². The van der Waals surface area contributed by atoms with Crippen molar-refractivity contribution in [3.63, 3.8) is 0 Å². The highest BCUT2D eigenvalue weighted by Crippen LogP contribution is 2.53. The van der Waals surface area contributed by atoms with Gasteiger partial charge in [0.05, 0.1) is 28.2 Å². The lowest BCUT2D eigenvalue weighted by molar-refractivity contribution is -0.123. The summed E-state index contributed by atoms with van der Waals surface area (Å²) in [5, 5.41) is 3.21. The number of hydrogen-bond acceptors (Lipinski definition) is 3. The van der Waals surface area contributed by atoms with Crippen molar-refractivity contribution in [1.82, 2.24) is 0 Å². The second kappa shape index (κ2) is 6.31. The van der Waals surface area contributed by atoms with E-state index >= 15 is 0 Å². The van der Waals surface area contributed by atoms with Gasteiger partial charge in [-0.2, -0.15) is 0 Å². The molecule has 140 valence electrons. The molecule has 1 saturated carbocycles. The van der Waals surface area contributed by atoms with Crippen molar-refractivity contribution in [2.75, 3.05) is 10.2 Å². The smallest absolute Gasteiger partial charge is 0.255 e. The molecule has 28 heavy (non-hydrogen) atoms. The zero-order chi connectivity index (χ0) is 19.4. The van der Waals surface area contributed by atoms with Crippen molar-refractivity contribution in [3.05, 3.63) is 71.3 Å². The summed E-state index contributed by atoms with van der Waals surface area (Å²) in [4.78, 5) is 39.5. The summed E-state index contributed by atoms with van der Waals surface area (Å²) in [5.74, 6) is -0.663. The molecule has 0 aromatic heterocycles. The minimum atomic E-state index is -0.308. The fraction of sp³-hybridized carbons (Fsp3) is 0.227. The number of allylic oxidation sites excluding steroid dienone is 2. The number of imide groups is 1. The Labute approximate surface area is 167 Å². The minimum absolute atomic E-state index is 0.125. The molecule has 2 fully saturated rings. The molecule has 3 aliphatic rings. The highest BCUT2D eigenvalue weighted by molar-refractivity contribution is 6.33. The lowest BCUT2D eigenvalue weighted by atomic mass is 9.85. The van der Waals surface area contributed by atoms with Crippen LogP contribution in [0.1, 0.15) is 16.8 Å². The number of anilines is 2. The van der Waals surface area contributed by atoms with Gasteiger partial charge in [-0.1, -0.05) is 35.9 Å². The van der Waals surface area contributed by atoms with Crippen LogP contribution in [0.25, 0.3) is 0 Å². The Morgan fingerprint density at radius 2 is 1.54 bits per heavy atom. The normalized spacial score (nSPS) is 27.4. The lowest BCUT2D eigenvalue weighted by Gasteiger charge is -2.17. The van der Waals surface area contributed by atoms with Crippen LogP contribution in [-0.2, 0) is 9.59 Å². The molecule has 0 spiro atoms. The van der Waals surface area contributed by atoms with Crippen molar-refractivity contribution in [3.8, 4) is 0 Å². The zero-order valence-corrected chi connectivity index (χ0v) is 15.6. The summed E-state index contributed by atoms with van der Waals surface area (Å²) in [5.41, 5.74) is 1.46. The topological polar surface area (TPSA) is 66.5 Å². The molecular weight excluding hydrogens is 376 g/mol. The second-order valence-electron chi connectivity index (χ2n) is 7.49. The molecule has 1 aliphatic heterocycles. The molecule has 5 nitrogen and oxygen atoms in total. The molecule has 1 saturated heterocycles. The summed E-state index contributed by atoms with van der Waals surface area (Å²) in [6, 6.07) is 13.5. The van der Waals surface area contributed by atoms with Crippen molar-refractivity contribution < 1.29 is 14.4 Å². The number of rotatable bonds is 3. The number of benzene rings is 2. The SMILES string of the molecule is O=C(Nc1ccccc1Cl)c1ccc(N2C(=O)[C@@H]3[C@H](C2=O)[C@H]2C=C[C@H]3C2)cc1. The highest BCUT2D eigenvalue weighted by Gasteiger charge is 2.59. The summed E-state index contributed by atoms with van der Waals surface area (Å²) in [6.45, 7) is 0. The zero-order valence-electron chi connectivity index (χ0n) is 14.8. The lowest BCUT2D eigenvalue weighted by Crippen LogP contribution is -2.32. The Balaban J connectivity index is 1.36. The van der Waals surface area contributed by atoms with Crippen molar-refractivity contribution in [1.29, 1.82) is 0 Å². The molecule has 6 heteroatoms. The number of hydrogen-bond donors (Lipinski definition) is 1. The number of nitrogens with one attached hydrogen (secondary N) is 1. The standard InChI is InChI=1S/C22H17ClN2O3/c23-16-3-1-2-4-17(16)24-20(26)12-7-9-15(10-8-12)25-21(27)18-13-5-6-14(11-13)19(18)22(25)28/h1-10,13-14,18-19H,11H2,(H,24,26)/t13-,14-,18-,19+/m0/s1. The first kappa shape index (κ1) is 17.2. The predicted octanol–water partition coefficient (Wildman–Crippen LogP) is 3.90. The van der Waals surface area contributed by atoms with E-state index < -0.39 is 0 Å². The Morgan fingerprint density at radius 1 is 0.929 bits per heavy atom. The second-order valence-corrected chi connectivity index (χ2v) is 7.90. The van der Waals surface area contributed by atoms with Gasteiger partial charge in [-0.05, 0) is 54.7 Å². The fourth-order valence-corrected chi connectivity index (χ4v) is 4.86. The van der Waals surface area contributed by atoms with E-state index in [9.17, 15) is 14.4 Å². The van der Waals surface area contributed by atoms with Crippen LogP contribution in [0.5, 0.6) is 0 Å². The van der Waals surface area contributed by atoms with E-state index in [1.807, 2.05) is 0 Å². The molecule has 2 aromatic carbocycles. The Hall–Kier alpha value is -2.92. The van der Waals surface area contributed by atoms with E-state index in [0.717, 1.165) is 6.42 Å². The first-order chi connectivity index (χ1) is 13.5. The third-order valence-electron chi connectivity index (χ3n) is 5.98. The quantitative estimate of drug-likeness (QED) is 0.636. The third kappa shape index (κ3) is 2.50. The molecule has 0 unspecified atom stereocenters. The van der Waals surface area contributed by atoms with Gasteiger partial charge in [-0.15, -0.1) is 0 Å². The minimum Gasteiger partial charge on any atom is -0.321 e. The summed E-state index contributed by atoms with van der Waals surface area (Å²) < 4.78 is 0. The first-order valence-electron chi connectivity index (χ1n) is 9.26. The van der Waals surface area contributed by atoms with E-state index in [-0.39, 0.29) is 41.4 Å². The molecule has 1 N–H and O–H groups in total. The van der Waals surface area contributed by atoms with Crippen LogP contribution >= 0.6 is 11.6 Å². The van der Waals surface area contributed by atoms with Crippen molar-refractivity contribution in [2.24, 2.45) is 23.7 Å². The van der Waals surface area contributed by atoms with Gasteiger partial charge in [0.15, 0.2) is 0 Å². The molecule has 4 atom stereocenters.